The number of hydrogen-bond acceptors (Lipinski definition) is 3. The number of aromatic nitrogens is 1. The molecule has 4 heterocycles. The lowest BCUT2D eigenvalue weighted by Crippen LogP contribution is -2.42. The Morgan fingerprint density at radius 1 is 1.04 bits per heavy atom. The van der Waals surface area contributed by atoms with Crippen LogP contribution in [-0.2, 0) is 17.9 Å². The smallest absolute Gasteiger partial charge is 0.222 e. The van der Waals surface area contributed by atoms with E-state index in [0.29, 0.717) is 11.8 Å². The van der Waals surface area contributed by atoms with Gasteiger partial charge < -0.3 is 9.47 Å². The van der Waals surface area contributed by atoms with Crippen molar-refractivity contribution in [3.8, 4) is 0 Å². The molecule has 1 amide bonds. The number of rotatable bonds is 6. The second-order valence-electron chi connectivity index (χ2n) is 7.72. The van der Waals surface area contributed by atoms with Crippen LogP contribution < -0.4 is 0 Å². The normalized spacial score (nSPS) is 20.0. The van der Waals surface area contributed by atoms with E-state index in [0.717, 1.165) is 52.1 Å². The molecule has 5 heteroatoms. The third-order valence-electron chi connectivity index (χ3n) is 5.82. The van der Waals surface area contributed by atoms with Gasteiger partial charge in [-0.25, -0.2) is 0 Å². The summed E-state index contributed by atoms with van der Waals surface area (Å²) in [7, 11) is 0. The van der Waals surface area contributed by atoms with Crippen molar-refractivity contribution in [1.29, 1.82) is 0 Å². The zero-order chi connectivity index (χ0) is 17.8. The van der Waals surface area contributed by atoms with Gasteiger partial charge in [-0.15, -0.1) is 11.3 Å². The van der Waals surface area contributed by atoms with Crippen molar-refractivity contribution in [2.24, 2.45) is 5.92 Å². The molecule has 0 N–H and O–H groups in total. The first-order valence-electron chi connectivity index (χ1n) is 9.94. The van der Waals surface area contributed by atoms with Gasteiger partial charge in [0.05, 0.1) is 6.54 Å². The highest BCUT2D eigenvalue weighted by atomic mass is 32.1. The molecule has 0 spiro atoms. The molecule has 0 saturated carbocycles. The molecule has 2 aromatic rings. The predicted molar refractivity (Wildman–Crippen MR) is 106 cm³/mol. The van der Waals surface area contributed by atoms with E-state index in [1.807, 2.05) is 11.3 Å². The van der Waals surface area contributed by atoms with Gasteiger partial charge in [-0.2, -0.15) is 0 Å². The Kier molecular flexibility index (Phi) is 5.75. The van der Waals surface area contributed by atoms with Crippen molar-refractivity contribution in [3.05, 3.63) is 46.4 Å². The van der Waals surface area contributed by atoms with Crippen LogP contribution >= 0.6 is 11.3 Å². The molecule has 140 valence electrons. The van der Waals surface area contributed by atoms with E-state index in [-0.39, 0.29) is 0 Å². The highest BCUT2D eigenvalue weighted by Crippen LogP contribution is 2.23. The van der Waals surface area contributed by atoms with Gasteiger partial charge in [0.15, 0.2) is 0 Å². The molecule has 2 aliphatic rings. The molecular weight excluding hydrogens is 342 g/mol. The third-order valence-corrected chi connectivity index (χ3v) is 6.68. The molecule has 2 aliphatic heterocycles. The van der Waals surface area contributed by atoms with Crippen LogP contribution in [0, 0.1) is 5.92 Å². The molecular formula is C21H29N3OS. The Morgan fingerprint density at radius 2 is 1.92 bits per heavy atom. The highest BCUT2D eigenvalue weighted by molar-refractivity contribution is 7.09. The fourth-order valence-electron chi connectivity index (χ4n) is 4.24. The van der Waals surface area contributed by atoms with Crippen LogP contribution in [0.3, 0.4) is 0 Å². The zero-order valence-electron chi connectivity index (χ0n) is 15.5. The van der Waals surface area contributed by atoms with Crippen molar-refractivity contribution in [2.45, 2.75) is 45.2 Å². The molecule has 26 heavy (non-hydrogen) atoms. The van der Waals surface area contributed by atoms with Gasteiger partial charge in [-0.3, -0.25) is 9.69 Å². The van der Waals surface area contributed by atoms with Gasteiger partial charge in [0.25, 0.3) is 0 Å². The van der Waals surface area contributed by atoms with E-state index in [2.05, 4.69) is 50.2 Å². The van der Waals surface area contributed by atoms with E-state index < -0.39 is 0 Å². The molecule has 2 fully saturated rings. The van der Waals surface area contributed by atoms with E-state index in [9.17, 15) is 4.79 Å². The van der Waals surface area contributed by atoms with E-state index >= 15 is 0 Å². The summed E-state index contributed by atoms with van der Waals surface area (Å²) in [6.45, 7) is 6.28. The molecule has 2 saturated heterocycles. The number of carbonyl (C=O) groups is 1. The van der Waals surface area contributed by atoms with Gasteiger partial charge in [0.2, 0.25) is 5.91 Å². The standard InChI is InChI=1S/C21H29N3OS/c25-21-7-1-2-10-24(21)15-18-8-12-22(13-9-18)16-19-5-3-11-23(19)17-20-6-4-14-26-20/h3-6,11,14,18H,1-2,7-10,12-13,15-17H2. The molecule has 0 bridgehead atoms. The summed E-state index contributed by atoms with van der Waals surface area (Å²) in [5.74, 6) is 1.07. The van der Waals surface area contributed by atoms with Crippen LogP contribution in [0.15, 0.2) is 35.8 Å². The van der Waals surface area contributed by atoms with Crippen LogP contribution in [0.5, 0.6) is 0 Å². The Bertz CT molecular complexity index is 701. The van der Waals surface area contributed by atoms with Crippen molar-refractivity contribution in [1.82, 2.24) is 14.4 Å². The first-order chi connectivity index (χ1) is 12.8. The van der Waals surface area contributed by atoms with Crippen molar-refractivity contribution >= 4 is 17.2 Å². The summed E-state index contributed by atoms with van der Waals surface area (Å²) in [5.41, 5.74) is 1.41. The maximum absolute atomic E-state index is 12.0. The average Bonchev–Trinajstić information content (AvgIpc) is 3.32. The summed E-state index contributed by atoms with van der Waals surface area (Å²) in [6, 6.07) is 8.76. The molecule has 0 radical (unpaired) electrons. The van der Waals surface area contributed by atoms with Crippen LogP contribution in [-0.4, -0.2) is 46.5 Å². The number of likely N-dealkylation sites (tertiary alicyclic amines) is 2. The summed E-state index contributed by atoms with van der Waals surface area (Å²) < 4.78 is 2.38. The number of nitrogens with zero attached hydrogens (tertiary/aromatic N) is 3. The second-order valence-corrected chi connectivity index (χ2v) is 8.76. The average molecular weight is 372 g/mol. The largest absolute Gasteiger partial charge is 0.345 e. The first-order valence-corrected chi connectivity index (χ1v) is 10.8. The van der Waals surface area contributed by atoms with Gasteiger partial charge in [-0.1, -0.05) is 6.07 Å². The lowest BCUT2D eigenvalue weighted by molar-refractivity contribution is -0.134. The Labute approximate surface area is 160 Å². The Hall–Kier alpha value is -1.59. The summed E-state index contributed by atoms with van der Waals surface area (Å²) in [5, 5.41) is 2.15. The molecule has 0 atom stereocenters. The quantitative estimate of drug-likeness (QED) is 0.772. The minimum Gasteiger partial charge on any atom is -0.345 e. The van der Waals surface area contributed by atoms with Gasteiger partial charge in [0, 0.05) is 42.8 Å². The summed E-state index contributed by atoms with van der Waals surface area (Å²) in [4.78, 5) is 18.1. The molecule has 4 nitrogen and oxygen atoms in total. The van der Waals surface area contributed by atoms with E-state index in [4.69, 9.17) is 0 Å². The summed E-state index contributed by atoms with van der Waals surface area (Å²) >= 11 is 1.83. The fraction of sp³-hybridized carbons (Fsp3) is 0.571. The molecule has 4 rings (SSSR count). The zero-order valence-corrected chi connectivity index (χ0v) is 16.3. The number of piperidine rings is 2. The maximum atomic E-state index is 12.0. The van der Waals surface area contributed by atoms with Crippen LogP contribution in [0.4, 0.5) is 0 Å². The third kappa shape index (κ3) is 4.38. The molecule has 0 aromatic carbocycles. The van der Waals surface area contributed by atoms with E-state index in [1.54, 1.807) is 0 Å². The molecule has 0 unspecified atom stereocenters. The van der Waals surface area contributed by atoms with Crippen molar-refractivity contribution in [2.75, 3.05) is 26.2 Å². The van der Waals surface area contributed by atoms with E-state index in [1.165, 1.54) is 29.8 Å². The van der Waals surface area contributed by atoms with Gasteiger partial charge in [0.1, 0.15) is 0 Å². The second kappa shape index (κ2) is 8.40. The lowest BCUT2D eigenvalue weighted by atomic mass is 9.95. The minimum atomic E-state index is 0.380. The van der Waals surface area contributed by atoms with Crippen LogP contribution in [0.25, 0.3) is 0 Å². The highest BCUT2D eigenvalue weighted by Gasteiger charge is 2.25. The number of hydrogen-bond donors (Lipinski definition) is 0. The Morgan fingerprint density at radius 3 is 2.69 bits per heavy atom. The number of carbonyl (C=O) groups excluding carboxylic acids is 1. The number of thiophene rings is 1. The van der Waals surface area contributed by atoms with Crippen LogP contribution in [0.1, 0.15) is 42.7 Å². The van der Waals surface area contributed by atoms with Crippen molar-refractivity contribution < 1.29 is 4.79 Å². The molecule has 2 aromatic heterocycles. The summed E-state index contributed by atoms with van der Waals surface area (Å²) in [6.07, 6.45) is 7.67. The predicted octanol–water partition coefficient (Wildman–Crippen LogP) is 3.82. The molecule has 0 aliphatic carbocycles. The monoisotopic (exact) mass is 371 g/mol. The number of amides is 1. The Balaban J connectivity index is 1.26. The fourth-order valence-corrected chi connectivity index (χ4v) is 4.94. The minimum absolute atomic E-state index is 0.380. The van der Waals surface area contributed by atoms with Gasteiger partial charge in [-0.05, 0) is 68.3 Å². The lowest BCUT2D eigenvalue weighted by Gasteiger charge is -2.36. The SMILES string of the molecule is O=C1CCCCN1CC1CCN(Cc2cccn2Cc2cccs2)CC1. The van der Waals surface area contributed by atoms with Crippen molar-refractivity contribution in [3.63, 3.8) is 0 Å². The topological polar surface area (TPSA) is 28.5 Å². The van der Waals surface area contributed by atoms with Crippen LogP contribution in [0.2, 0.25) is 0 Å². The first kappa shape index (κ1) is 17.8. The maximum Gasteiger partial charge on any atom is 0.222 e. The van der Waals surface area contributed by atoms with Gasteiger partial charge >= 0.3 is 0 Å².